The fourth-order valence-corrected chi connectivity index (χ4v) is 4.34. The summed E-state index contributed by atoms with van der Waals surface area (Å²) >= 11 is 12.4. The molecular formula is C27H25Cl2N3O2. The van der Waals surface area contributed by atoms with Crippen molar-refractivity contribution in [2.45, 2.75) is 6.04 Å². The Balaban J connectivity index is 1.89. The quantitative estimate of drug-likeness (QED) is 0.428. The highest BCUT2D eigenvalue weighted by Gasteiger charge is 2.44. The van der Waals surface area contributed by atoms with Gasteiger partial charge in [0, 0.05) is 34.4 Å². The van der Waals surface area contributed by atoms with E-state index in [4.69, 9.17) is 23.2 Å². The van der Waals surface area contributed by atoms with Gasteiger partial charge < -0.3 is 10.2 Å². The van der Waals surface area contributed by atoms with Crippen LogP contribution in [0.15, 0.2) is 90.1 Å². The second-order valence-electron chi connectivity index (χ2n) is 8.32. The molecule has 1 atom stereocenters. The highest BCUT2D eigenvalue weighted by Crippen LogP contribution is 2.42. The lowest BCUT2D eigenvalue weighted by Gasteiger charge is -2.27. The normalized spacial score (nSPS) is 15.9. The predicted octanol–water partition coefficient (Wildman–Crippen LogP) is 5.37. The predicted molar refractivity (Wildman–Crippen MR) is 137 cm³/mol. The monoisotopic (exact) mass is 493 g/mol. The van der Waals surface area contributed by atoms with Gasteiger partial charge in [0.25, 0.3) is 5.91 Å². The van der Waals surface area contributed by atoms with Gasteiger partial charge in [-0.2, -0.15) is 0 Å². The zero-order chi connectivity index (χ0) is 24.2. The van der Waals surface area contributed by atoms with E-state index in [0.717, 1.165) is 5.56 Å². The first-order valence-corrected chi connectivity index (χ1v) is 11.7. The molecule has 1 amide bonds. The first kappa shape index (κ1) is 24.0. The van der Waals surface area contributed by atoms with Crippen LogP contribution in [-0.2, 0) is 4.79 Å². The van der Waals surface area contributed by atoms with Gasteiger partial charge in [0.15, 0.2) is 5.78 Å². The molecule has 1 aliphatic rings. The Hall–Kier alpha value is -3.12. The molecule has 7 heteroatoms. The number of rotatable bonds is 8. The van der Waals surface area contributed by atoms with E-state index in [1.807, 2.05) is 55.4 Å². The van der Waals surface area contributed by atoms with Gasteiger partial charge in [-0.15, -0.1) is 0 Å². The van der Waals surface area contributed by atoms with E-state index >= 15 is 0 Å². The number of likely N-dealkylation sites (N-methyl/N-ethyl adjacent to an activating group) is 1. The molecule has 3 aromatic carbocycles. The largest absolute Gasteiger partial charge is 0.379 e. The minimum absolute atomic E-state index is 0.203. The Morgan fingerprint density at radius 1 is 0.941 bits per heavy atom. The average Bonchev–Trinajstić information content (AvgIpc) is 3.11. The van der Waals surface area contributed by atoms with Crippen molar-refractivity contribution in [1.29, 1.82) is 0 Å². The van der Waals surface area contributed by atoms with E-state index in [2.05, 4.69) is 5.32 Å². The van der Waals surface area contributed by atoms with Crippen molar-refractivity contribution in [1.82, 2.24) is 10.2 Å². The summed E-state index contributed by atoms with van der Waals surface area (Å²) in [5.41, 5.74) is 2.61. The number of nitrogens with one attached hydrogen (secondary N) is 1. The number of hydrogen-bond donors (Lipinski definition) is 1. The fraction of sp³-hybridized carbons (Fsp3) is 0.185. The zero-order valence-corrected chi connectivity index (χ0v) is 20.5. The van der Waals surface area contributed by atoms with Crippen LogP contribution in [-0.4, -0.2) is 43.8 Å². The Kier molecular flexibility index (Phi) is 7.37. The van der Waals surface area contributed by atoms with Crippen LogP contribution in [0, 0.1) is 0 Å². The Morgan fingerprint density at radius 3 is 2.29 bits per heavy atom. The number of hydrogen-bond acceptors (Lipinski definition) is 4. The lowest BCUT2D eigenvalue weighted by molar-refractivity contribution is -0.115. The van der Waals surface area contributed by atoms with Crippen molar-refractivity contribution in [2.75, 3.05) is 32.1 Å². The number of carbonyl (C=O) groups excluding carboxylic acids is 2. The average molecular weight is 494 g/mol. The molecule has 0 saturated carbocycles. The van der Waals surface area contributed by atoms with Crippen molar-refractivity contribution in [3.63, 3.8) is 0 Å². The van der Waals surface area contributed by atoms with Crippen LogP contribution in [0.1, 0.15) is 22.0 Å². The van der Waals surface area contributed by atoms with E-state index in [-0.39, 0.29) is 11.7 Å². The molecule has 34 heavy (non-hydrogen) atoms. The van der Waals surface area contributed by atoms with Crippen LogP contribution in [0.4, 0.5) is 5.69 Å². The first-order chi connectivity index (χ1) is 16.4. The molecule has 4 rings (SSSR count). The van der Waals surface area contributed by atoms with Gasteiger partial charge >= 0.3 is 0 Å². The third-order valence-electron chi connectivity index (χ3n) is 5.65. The maximum absolute atomic E-state index is 13.9. The summed E-state index contributed by atoms with van der Waals surface area (Å²) in [6, 6.07) is 22.7. The molecular weight excluding hydrogens is 469 g/mol. The first-order valence-electron chi connectivity index (χ1n) is 10.9. The van der Waals surface area contributed by atoms with Crippen molar-refractivity contribution < 1.29 is 9.59 Å². The zero-order valence-electron chi connectivity index (χ0n) is 19.0. The number of nitrogens with zero attached hydrogens (tertiary/aromatic N) is 2. The number of anilines is 1. The number of ketones is 1. The summed E-state index contributed by atoms with van der Waals surface area (Å²) in [5, 5.41) is 4.34. The summed E-state index contributed by atoms with van der Waals surface area (Å²) in [6.45, 7) is 1.21. The molecule has 0 radical (unpaired) electrons. The van der Waals surface area contributed by atoms with Crippen LogP contribution in [0.3, 0.4) is 0 Å². The molecule has 5 nitrogen and oxygen atoms in total. The molecule has 0 fully saturated rings. The van der Waals surface area contributed by atoms with Crippen LogP contribution in [0.25, 0.3) is 0 Å². The number of carbonyl (C=O) groups is 2. The van der Waals surface area contributed by atoms with Crippen molar-refractivity contribution >= 4 is 40.6 Å². The maximum Gasteiger partial charge on any atom is 0.275 e. The van der Waals surface area contributed by atoms with Crippen molar-refractivity contribution in [2.24, 2.45) is 0 Å². The number of halogens is 2. The van der Waals surface area contributed by atoms with Gasteiger partial charge in [-0.3, -0.25) is 14.5 Å². The van der Waals surface area contributed by atoms with Crippen LogP contribution in [0.5, 0.6) is 0 Å². The molecule has 1 N–H and O–H groups in total. The van der Waals surface area contributed by atoms with Gasteiger partial charge in [-0.25, -0.2) is 0 Å². The summed E-state index contributed by atoms with van der Waals surface area (Å²) in [5.74, 6) is -0.481. The second-order valence-corrected chi connectivity index (χ2v) is 9.20. The van der Waals surface area contributed by atoms with Crippen molar-refractivity contribution in [3.05, 3.63) is 111 Å². The summed E-state index contributed by atoms with van der Waals surface area (Å²) in [7, 11) is 3.91. The molecule has 174 valence electrons. The molecule has 0 aromatic heterocycles. The molecule has 0 bridgehead atoms. The highest BCUT2D eigenvalue weighted by molar-refractivity contribution is 6.31. The van der Waals surface area contributed by atoms with E-state index < -0.39 is 6.04 Å². The van der Waals surface area contributed by atoms with Crippen LogP contribution < -0.4 is 10.2 Å². The van der Waals surface area contributed by atoms with Gasteiger partial charge in [-0.1, -0.05) is 71.7 Å². The summed E-state index contributed by atoms with van der Waals surface area (Å²) in [4.78, 5) is 31.4. The van der Waals surface area contributed by atoms with Gasteiger partial charge in [-0.05, 0) is 50.0 Å². The third kappa shape index (κ3) is 5.02. The van der Waals surface area contributed by atoms with E-state index in [1.165, 1.54) is 0 Å². The lowest BCUT2D eigenvalue weighted by atomic mass is 9.92. The summed E-state index contributed by atoms with van der Waals surface area (Å²) in [6.07, 6.45) is 0. The topological polar surface area (TPSA) is 52.7 Å². The lowest BCUT2D eigenvalue weighted by Crippen LogP contribution is -2.34. The van der Waals surface area contributed by atoms with E-state index in [1.54, 1.807) is 47.4 Å². The Labute approximate surface area is 209 Å². The van der Waals surface area contributed by atoms with E-state index in [9.17, 15) is 9.59 Å². The molecule has 1 aliphatic heterocycles. The number of amides is 1. The highest BCUT2D eigenvalue weighted by atomic mass is 35.5. The van der Waals surface area contributed by atoms with Crippen LogP contribution >= 0.6 is 23.2 Å². The molecule has 1 heterocycles. The SMILES string of the molecule is CN(C)CCNC1=C(C(=O)c2ccccc2)C(c2ccc(Cl)cc2)N(c2cccc(Cl)c2)C1=O. The molecule has 0 saturated heterocycles. The molecule has 3 aromatic rings. The minimum Gasteiger partial charge on any atom is -0.379 e. The van der Waals surface area contributed by atoms with E-state index in [0.29, 0.717) is 45.7 Å². The fourth-order valence-electron chi connectivity index (χ4n) is 4.03. The van der Waals surface area contributed by atoms with Gasteiger partial charge in [0.2, 0.25) is 0 Å². The third-order valence-corrected chi connectivity index (χ3v) is 6.13. The molecule has 0 spiro atoms. The molecule has 0 aliphatic carbocycles. The Bertz CT molecular complexity index is 1220. The molecule has 1 unspecified atom stereocenters. The van der Waals surface area contributed by atoms with Gasteiger partial charge in [0.05, 0.1) is 11.6 Å². The smallest absolute Gasteiger partial charge is 0.275 e. The number of benzene rings is 3. The Morgan fingerprint density at radius 2 is 1.65 bits per heavy atom. The van der Waals surface area contributed by atoms with Gasteiger partial charge in [0.1, 0.15) is 5.70 Å². The van der Waals surface area contributed by atoms with Crippen LogP contribution in [0.2, 0.25) is 10.0 Å². The minimum atomic E-state index is -0.641. The standard InChI is InChI=1S/C27H25Cl2N3O2/c1-31(2)16-15-30-24-23(26(33)19-7-4-3-5-8-19)25(18-11-13-20(28)14-12-18)32(27(24)34)22-10-6-9-21(29)17-22/h3-14,17,25,30H,15-16H2,1-2H3. The maximum atomic E-state index is 13.9. The second kappa shape index (κ2) is 10.4. The summed E-state index contributed by atoms with van der Waals surface area (Å²) < 4.78 is 0. The van der Waals surface area contributed by atoms with Crippen molar-refractivity contribution in [3.8, 4) is 0 Å². The number of Topliss-reactive ketones (excluding diaryl/α,β-unsaturated/α-hetero) is 1.